The molecule has 0 bridgehead atoms. The fourth-order valence-electron chi connectivity index (χ4n) is 3.33. The van der Waals surface area contributed by atoms with Crippen molar-refractivity contribution in [3.8, 4) is 21.6 Å². The zero-order valence-corrected chi connectivity index (χ0v) is 15.5. The van der Waals surface area contributed by atoms with Crippen LogP contribution in [0.25, 0.3) is 21.6 Å². The number of benzene rings is 2. The maximum Gasteiger partial charge on any atom is 0.338 e. The van der Waals surface area contributed by atoms with E-state index in [9.17, 15) is 14.7 Å². The topological polar surface area (TPSA) is 76.5 Å². The van der Waals surface area contributed by atoms with Crippen molar-refractivity contribution < 1.29 is 19.4 Å². The van der Waals surface area contributed by atoms with Gasteiger partial charge in [0.05, 0.1) is 29.2 Å². The molecule has 0 radical (unpaired) electrons. The Bertz CT molecular complexity index is 1000. The summed E-state index contributed by atoms with van der Waals surface area (Å²) >= 11 is 1.17. The fourth-order valence-corrected chi connectivity index (χ4v) is 4.07. The molecule has 1 aliphatic carbocycles. The van der Waals surface area contributed by atoms with Crippen LogP contribution in [0.2, 0.25) is 0 Å². The average molecular weight is 379 g/mol. The summed E-state index contributed by atoms with van der Waals surface area (Å²) in [5.41, 5.74) is 3.64. The Morgan fingerprint density at radius 2 is 1.56 bits per heavy atom. The second-order valence-electron chi connectivity index (χ2n) is 6.60. The molecular formula is C21H17NO4S. The number of hydrogen-bond acceptors (Lipinski definition) is 5. The highest BCUT2D eigenvalue weighted by atomic mass is 32.1. The van der Waals surface area contributed by atoms with Gasteiger partial charge in [0.1, 0.15) is 0 Å². The summed E-state index contributed by atoms with van der Waals surface area (Å²) in [6.07, 6.45) is 3.03. The minimum absolute atomic E-state index is 0.168. The van der Waals surface area contributed by atoms with E-state index in [1.807, 2.05) is 48.5 Å². The zero-order chi connectivity index (χ0) is 19.0. The Morgan fingerprint density at radius 3 is 2.07 bits per heavy atom. The lowest BCUT2D eigenvalue weighted by Gasteiger charge is -2.13. The van der Waals surface area contributed by atoms with Gasteiger partial charge in [0.2, 0.25) is 0 Å². The first-order valence-electron chi connectivity index (χ1n) is 8.53. The van der Waals surface area contributed by atoms with Gasteiger partial charge in [-0.05, 0) is 46.6 Å². The number of aromatic carboxylic acids is 1. The van der Waals surface area contributed by atoms with Crippen LogP contribution in [0.4, 0.5) is 0 Å². The van der Waals surface area contributed by atoms with Crippen molar-refractivity contribution in [2.24, 2.45) is 0 Å². The highest BCUT2D eigenvalue weighted by Crippen LogP contribution is 2.49. The van der Waals surface area contributed by atoms with Gasteiger partial charge in [-0.15, -0.1) is 0 Å². The highest BCUT2D eigenvalue weighted by molar-refractivity contribution is 7.10. The molecule has 1 aromatic heterocycles. The lowest BCUT2D eigenvalue weighted by molar-refractivity contribution is -0.143. The number of carbonyl (C=O) groups is 2. The van der Waals surface area contributed by atoms with Crippen LogP contribution in [0.1, 0.15) is 28.8 Å². The Kier molecular flexibility index (Phi) is 4.28. The van der Waals surface area contributed by atoms with E-state index in [4.69, 9.17) is 4.74 Å². The van der Waals surface area contributed by atoms with Crippen LogP contribution in [0.3, 0.4) is 0 Å². The van der Waals surface area contributed by atoms with E-state index in [0.29, 0.717) is 4.88 Å². The van der Waals surface area contributed by atoms with Crippen LogP contribution in [-0.4, -0.2) is 28.5 Å². The molecule has 1 heterocycles. The number of hydrogen-bond donors (Lipinski definition) is 1. The summed E-state index contributed by atoms with van der Waals surface area (Å²) in [4.78, 5) is 23.9. The second-order valence-corrected chi connectivity index (χ2v) is 7.40. The average Bonchev–Trinajstić information content (AvgIpc) is 3.36. The first-order valence-corrected chi connectivity index (χ1v) is 9.30. The maximum absolute atomic E-state index is 12.0. The number of methoxy groups -OCH3 is 1. The van der Waals surface area contributed by atoms with Gasteiger partial charge in [-0.25, -0.2) is 4.79 Å². The van der Waals surface area contributed by atoms with E-state index < -0.39 is 11.4 Å². The molecular weight excluding hydrogens is 362 g/mol. The third kappa shape index (κ3) is 3.02. The Hall–Kier alpha value is -2.99. The number of nitrogens with zero attached hydrogens (tertiary/aromatic N) is 1. The van der Waals surface area contributed by atoms with Crippen molar-refractivity contribution in [2.45, 2.75) is 18.3 Å². The summed E-state index contributed by atoms with van der Waals surface area (Å²) in [5, 5.41) is 9.24. The zero-order valence-electron chi connectivity index (χ0n) is 14.6. The predicted molar refractivity (Wildman–Crippen MR) is 103 cm³/mol. The van der Waals surface area contributed by atoms with Crippen LogP contribution < -0.4 is 0 Å². The fraction of sp³-hybridized carbons (Fsp3) is 0.190. The highest BCUT2D eigenvalue weighted by Gasteiger charge is 2.52. The standard InChI is InChI=1S/C21H17NO4S/c1-26-20(25)21(10-11-21)16-8-6-14(7-9-16)13-2-4-15(5-3-13)18-17(19(23)24)12-22-27-18/h2-9,12H,10-11H2,1H3,(H,23,24). The van der Waals surface area contributed by atoms with E-state index in [2.05, 4.69) is 4.37 Å². The van der Waals surface area contributed by atoms with Crippen molar-refractivity contribution >= 4 is 23.5 Å². The molecule has 5 nitrogen and oxygen atoms in total. The van der Waals surface area contributed by atoms with Crippen LogP contribution in [0.15, 0.2) is 54.7 Å². The van der Waals surface area contributed by atoms with Crippen LogP contribution >= 0.6 is 11.5 Å². The first-order chi connectivity index (χ1) is 13.0. The first kappa shape index (κ1) is 17.4. The molecule has 0 aliphatic heterocycles. The molecule has 1 saturated carbocycles. The van der Waals surface area contributed by atoms with Gasteiger partial charge >= 0.3 is 11.9 Å². The number of carboxylic acids is 1. The number of aromatic nitrogens is 1. The smallest absolute Gasteiger partial charge is 0.338 e. The lowest BCUT2D eigenvalue weighted by Crippen LogP contribution is -2.21. The molecule has 0 saturated heterocycles. The summed E-state index contributed by atoms with van der Waals surface area (Å²) in [6.45, 7) is 0. The molecule has 0 atom stereocenters. The number of ether oxygens (including phenoxy) is 1. The number of carboxylic acid groups (broad SMARTS) is 1. The van der Waals surface area contributed by atoms with E-state index in [1.165, 1.54) is 24.8 Å². The minimum atomic E-state index is -0.974. The third-order valence-corrected chi connectivity index (χ3v) is 5.89. The van der Waals surface area contributed by atoms with Crippen LogP contribution in [0.5, 0.6) is 0 Å². The van der Waals surface area contributed by atoms with Crippen molar-refractivity contribution in [3.05, 3.63) is 65.9 Å². The summed E-state index contributed by atoms with van der Waals surface area (Å²) in [5.74, 6) is -1.14. The molecule has 4 rings (SSSR count). The Morgan fingerprint density at radius 1 is 1.00 bits per heavy atom. The van der Waals surface area contributed by atoms with Gasteiger partial charge in [-0.2, -0.15) is 4.37 Å². The van der Waals surface area contributed by atoms with Crippen molar-refractivity contribution in [3.63, 3.8) is 0 Å². The molecule has 136 valence electrons. The molecule has 6 heteroatoms. The van der Waals surface area contributed by atoms with Gasteiger partial charge in [-0.3, -0.25) is 4.79 Å². The molecule has 3 aromatic rings. The third-order valence-electron chi connectivity index (χ3n) is 5.04. The number of rotatable bonds is 5. The molecule has 0 unspecified atom stereocenters. The van der Waals surface area contributed by atoms with Crippen molar-refractivity contribution in [2.75, 3.05) is 7.11 Å². The SMILES string of the molecule is COC(=O)C1(c2ccc(-c3ccc(-c4sncc4C(=O)O)cc3)cc2)CC1. The summed E-state index contributed by atoms with van der Waals surface area (Å²) in [7, 11) is 1.43. The molecule has 1 fully saturated rings. The molecule has 0 amide bonds. The van der Waals surface area contributed by atoms with E-state index in [-0.39, 0.29) is 11.5 Å². The quantitative estimate of drug-likeness (QED) is 0.666. The molecule has 0 spiro atoms. The number of esters is 1. The van der Waals surface area contributed by atoms with Crippen LogP contribution in [0, 0.1) is 0 Å². The van der Waals surface area contributed by atoms with Crippen molar-refractivity contribution in [1.82, 2.24) is 4.37 Å². The molecule has 1 N–H and O–H groups in total. The maximum atomic E-state index is 12.0. The monoisotopic (exact) mass is 379 g/mol. The van der Waals surface area contributed by atoms with Gasteiger partial charge in [0.25, 0.3) is 0 Å². The molecule has 27 heavy (non-hydrogen) atoms. The summed E-state index contributed by atoms with van der Waals surface area (Å²) in [6, 6.07) is 15.7. The normalized spacial score (nSPS) is 14.6. The molecule has 2 aromatic carbocycles. The van der Waals surface area contributed by atoms with Gasteiger partial charge in [-0.1, -0.05) is 48.5 Å². The lowest BCUT2D eigenvalue weighted by atomic mass is 9.93. The molecule has 1 aliphatic rings. The van der Waals surface area contributed by atoms with E-state index in [1.54, 1.807) is 0 Å². The predicted octanol–water partition coefficient (Wildman–Crippen LogP) is 4.38. The van der Waals surface area contributed by atoms with Crippen LogP contribution in [-0.2, 0) is 14.9 Å². The number of carbonyl (C=O) groups excluding carboxylic acids is 1. The van der Waals surface area contributed by atoms with Gasteiger partial charge in [0, 0.05) is 0 Å². The van der Waals surface area contributed by atoms with Gasteiger partial charge in [0.15, 0.2) is 0 Å². The van der Waals surface area contributed by atoms with E-state index in [0.717, 1.165) is 35.1 Å². The minimum Gasteiger partial charge on any atom is -0.478 e. The van der Waals surface area contributed by atoms with Crippen molar-refractivity contribution in [1.29, 1.82) is 0 Å². The van der Waals surface area contributed by atoms with E-state index >= 15 is 0 Å². The Balaban J connectivity index is 1.59. The summed E-state index contributed by atoms with van der Waals surface area (Å²) < 4.78 is 8.92. The second kappa shape index (κ2) is 6.63. The Labute approximate surface area is 160 Å². The van der Waals surface area contributed by atoms with Gasteiger partial charge < -0.3 is 9.84 Å². The largest absolute Gasteiger partial charge is 0.478 e.